The Morgan fingerprint density at radius 1 is 1.56 bits per heavy atom. The second kappa shape index (κ2) is 5.14. The quantitative estimate of drug-likeness (QED) is 0.925. The van der Waals surface area contributed by atoms with E-state index in [1.807, 2.05) is 0 Å². The molecule has 0 spiro atoms. The van der Waals surface area contributed by atoms with Crippen LogP contribution in [0.15, 0.2) is 23.6 Å². The smallest absolute Gasteiger partial charge is 0.355 e. The highest BCUT2D eigenvalue weighted by Gasteiger charge is 2.12. The molecule has 0 bridgehead atoms. The molecule has 2 aromatic rings. The van der Waals surface area contributed by atoms with Gasteiger partial charge in [0, 0.05) is 10.9 Å². The van der Waals surface area contributed by atoms with E-state index >= 15 is 0 Å². The third-order valence-electron chi connectivity index (χ3n) is 2.20. The summed E-state index contributed by atoms with van der Waals surface area (Å²) < 4.78 is 18.7. The third kappa shape index (κ3) is 2.48. The van der Waals surface area contributed by atoms with Gasteiger partial charge in [-0.2, -0.15) is 0 Å². The van der Waals surface area contributed by atoms with E-state index in [0.29, 0.717) is 17.2 Å². The van der Waals surface area contributed by atoms with Gasteiger partial charge in [0.05, 0.1) is 6.61 Å². The number of thiazole rings is 1. The number of aromatic carboxylic acids is 1. The molecule has 0 atom stereocenters. The molecule has 1 N–H and O–H groups in total. The van der Waals surface area contributed by atoms with Gasteiger partial charge in [-0.05, 0) is 25.1 Å². The molecule has 18 heavy (non-hydrogen) atoms. The first kappa shape index (κ1) is 12.5. The third-order valence-corrected chi connectivity index (χ3v) is 3.09. The Balaban J connectivity index is 2.33. The van der Waals surface area contributed by atoms with Crippen LogP contribution in [-0.2, 0) is 0 Å². The highest BCUT2D eigenvalue weighted by Crippen LogP contribution is 2.28. The molecule has 1 aromatic heterocycles. The molecule has 1 heterocycles. The molecule has 0 aliphatic carbocycles. The first-order valence-corrected chi connectivity index (χ1v) is 6.11. The minimum atomic E-state index is -1.09. The molecule has 0 aliphatic heterocycles. The predicted molar refractivity (Wildman–Crippen MR) is 65.6 cm³/mol. The number of aromatic nitrogens is 1. The predicted octanol–water partition coefficient (Wildman–Crippen LogP) is 3.05. The molecule has 1 aromatic carbocycles. The average Bonchev–Trinajstić information content (AvgIpc) is 2.81. The minimum Gasteiger partial charge on any atom is -0.491 e. The van der Waals surface area contributed by atoms with E-state index in [2.05, 4.69) is 4.98 Å². The summed E-state index contributed by atoms with van der Waals surface area (Å²) in [5, 5.41) is 10.7. The molecule has 0 unspecified atom stereocenters. The Labute approximate surface area is 107 Å². The molecule has 94 valence electrons. The second-order valence-electron chi connectivity index (χ2n) is 3.42. The second-order valence-corrected chi connectivity index (χ2v) is 4.28. The van der Waals surface area contributed by atoms with Crippen LogP contribution in [0.5, 0.6) is 5.75 Å². The maximum Gasteiger partial charge on any atom is 0.355 e. The van der Waals surface area contributed by atoms with Crippen molar-refractivity contribution >= 4 is 17.3 Å². The first-order chi connectivity index (χ1) is 8.61. The number of rotatable bonds is 4. The number of halogens is 1. The summed E-state index contributed by atoms with van der Waals surface area (Å²) in [6.45, 7) is 2.16. The number of hydrogen-bond donors (Lipinski definition) is 1. The van der Waals surface area contributed by atoms with Crippen LogP contribution in [0.25, 0.3) is 10.6 Å². The van der Waals surface area contributed by atoms with E-state index in [-0.39, 0.29) is 11.4 Å². The van der Waals surface area contributed by atoms with Gasteiger partial charge in [0.2, 0.25) is 0 Å². The fourth-order valence-electron chi connectivity index (χ4n) is 1.41. The van der Waals surface area contributed by atoms with Crippen molar-refractivity contribution < 1.29 is 19.0 Å². The van der Waals surface area contributed by atoms with Gasteiger partial charge < -0.3 is 9.84 Å². The topological polar surface area (TPSA) is 59.4 Å². The SMILES string of the molecule is CCOc1ccc(-c2nc(C(=O)O)cs2)cc1F. The van der Waals surface area contributed by atoms with Crippen LogP contribution in [0.3, 0.4) is 0 Å². The number of ether oxygens (including phenoxy) is 1. The Bertz CT molecular complexity index is 582. The van der Waals surface area contributed by atoms with Gasteiger partial charge >= 0.3 is 5.97 Å². The molecule has 0 saturated carbocycles. The van der Waals surface area contributed by atoms with Crippen molar-refractivity contribution in [2.24, 2.45) is 0 Å². The van der Waals surface area contributed by atoms with E-state index < -0.39 is 11.8 Å². The molecule has 0 saturated heterocycles. The maximum atomic E-state index is 13.6. The number of carboxylic acids is 1. The van der Waals surface area contributed by atoms with Crippen molar-refractivity contribution in [1.82, 2.24) is 4.98 Å². The normalized spacial score (nSPS) is 10.3. The van der Waals surface area contributed by atoms with Gasteiger partial charge in [-0.3, -0.25) is 0 Å². The summed E-state index contributed by atoms with van der Waals surface area (Å²) in [6.07, 6.45) is 0. The zero-order chi connectivity index (χ0) is 13.1. The largest absolute Gasteiger partial charge is 0.491 e. The van der Waals surface area contributed by atoms with Crippen molar-refractivity contribution in [3.63, 3.8) is 0 Å². The molecule has 2 rings (SSSR count). The van der Waals surface area contributed by atoms with E-state index in [1.54, 1.807) is 13.0 Å². The van der Waals surface area contributed by atoms with Crippen molar-refractivity contribution in [3.8, 4) is 16.3 Å². The fourth-order valence-corrected chi connectivity index (χ4v) is 2.20. The fraction of sp³-hybridized carbons (Fsp3) is 0.167. The maximum absolute atomic E-state index is 13.6. The lowest BCUT2D eigenvalue weighted by atomic mass is 10.2. The van der Waals surface area contributed by atoms with Gasteiger partial charge in [0.15, 0.2) is 17.3 Å². The van der Waals surface area contributed by atoms with Gasteiger partial charge in [-0.1, -0.05) is 0 Å². The average molecular weight is 267 g/mol. The monoisotopic (exact) mass is 267 g/mol. The number of carboxylic acid groups (broad SMARTS) is 1. The van der Waals surface area contributed by atoms with Crippen molar-refractivity contribution in [2.45, 2.75) is 6.92 Å². The van der Waals surface area contributed by atoms with Gasteiger partial charge in [0.1, 0.15) is 5.01 Å². The van der Waals surface area contributed by atoms with Crippen LogP contribution in [0.4, 0.5) is 4.39 Å². The first-order valence-electron chi connectivity index (χ1n) is 5.23. The van der Waals surface area contributed by atoms with E-state index in [0.717, 1.165) is 11.3 Å². The lowest BCUT2D eigenvalue weighted by molar-refractivity contribution is 0.0691. The summed E-state index contributed by atoms with van der Waals surface area (Å²) in [4.78, 5) is 14.6. The van der Waals surface area contributed by atoms with Crippen LogP contribution in [-0.4, -0.2) is 22.7 Å². The van der Waals surface area contributed by atoms with E-state index in [4.69, 9.17) is 9.84 Å². The summed E-state index contributed by atoms with van der Waals surface area (Å²) in [5.74, 6) is -1.40. The standard InChI is InChI=1S/C12H10FNO3S/c1-2-17-10-4-3-7(5-8(10)13)11-14-9(6-18-11)12(15)16/h3-6H,2H2,1H3,(H,15,16). The summed E-state index contributed by atoms with van der Waals surface area (Å²) in [7, 11) is 0. The molecule has 0 radical (unpaired) electrons. The zero-order valence-corrected chi connectivity index (χ0v) is 10.3. The molecule has 6 heteroatoms. The molecular weight excluding hydrogens is 257 g/mol. The summed E-state index contributed by atoms with van der Waals surface area (Å²) in [6, 6.07) is 4.45. The van der Waals surface area contributed by atoms with Crippen LogP contribution in [0.2, 0.25) is 0 Å². The number of carbonyl (C=O) groups is 1. The zero-order valence-electron chi connectivity index (χ0n) is 9.51. The van der Waals surface area contributed by atoms with Crippen molar-refractivity contribution in [3.05, 3.63) is 35.1 Å². The molecule has 4 nitrogen and oxygen atoms in total. The van der Waals surface area contributed by atoms with Crippen LogP contribution in [0, 0.1) is 5.82 Å². The highest BCUT2D eigenvalue weighted by molar-refractivity contribution is 7.13. The lowest BCUT2D eigenvalue weighted by Crippen LogP contribution is -1.96. The summed E-state index contributed by atoms with van der Waals surface area (Å²) in [5.41, 5.74) is 0.498. The molecular formula is C12H10FNO3S. The lowest BCUT2D eigenvalue weighted by Gasteiger charge is -2.05. The Kier molecular flexibility index (Phi) is 3.57. The minimum absolute atomic E-state index is 0.0377. The number of benzene rings is 1. The number of hydrogen-bond acceptors (Lipinski definition) is 4. The van der Waals surface area contributed by atoms with Crippen molar-refractivity contribution in [1.29, 1.82) is 0 Å². The van der Waals surface area contributed by atoms with Crippen LogP contribution in [0.1, 0.15) is 17.4 Å². The van der Waals surface area contributed by atoms with Gasteiger partial charge in [0.25, 0.3) is 0 Å². The van der Waals surface area contributed by atoms with Crippen LogP contribution < -0.4 is 4.74 Å². The number of nitrogens with zero attached hydrogens (tertiary/aromatic N) is 1. The molecule has 0 amide bonds. The van der Waals surface area contributed by atoms with E-state index in [9.17, 15) is 9.18 Å². The van der Waals surface area contributed by atoms with Gasteiger partial charge in [-0.15, -0.1) is 11.3 Å². The van der Waals surface area contributed by atoms with E-state index in [1.165, 1.54) is 17.5 Å². The van der Waals surface area contributed by atoms with Gasteiger partial charge in [-0.25, -0.2) is 14.2 Å². The Morgan fingerprint density at radius 3 is 2.89 bits per heavy atom. The Hall–Kier alpha value is -1.95. The Morgan fingerprint density at radius 2 is 2.33 bits per heavy atom. The summed E-state index contributed by atoms with van der Waals surface area (Å²) >= 11 is 1.16. The van der Waals surface area contributed by atoms with Crippen LogP contribution >= 0.6 is 11.3 Å². The highest BCUT2D eigenvalue weighted by atomic mass is 32.1. The molecule has 0 fully saturated rings. The molecule has 0 aliphatic rings. The van der Waals surface area contributed by atoms with Crippen molar-refractivity contribution in [2.75, 3.05) is 6.61 Å².